The van der Waals surface area contributed by atoms with E-state index in [0.29, 0.717) is 11.8 Å². The first-order valence-corrected chi connectivity index (χ1v) is 5.78. The van der Waals surface area contributed by atoms with Crippen molar-refractivity contribution in [3.05, 3.63) is 59.2 Å². The van der Waals surface area contributed by atoms with Crippen LogP contribution in [0.25, 0.3) is 0 Å². The third-order valence-electron chi connectivity index (χ3n) is 2.66. The second kappa shape index (κ2) is 5.67. The molecule has 0 N–H and O–H groups in total. The number of ether oxygens (including phenoxy) is 1. The third kappa shape index (κ3) is 3.39. The number of hydrogen-bond acceptors (Lipinski definition) is 3. The maximum Gasteiger partial charge on any atom is 0.420 e. The molecule has 0 heterocycles. The molecule has 0 aliphatic carbocycles. The molecule has 0 radical (unpaired) electrons. The van der Waals surface area contributed by atoms with Crippen LogP contribution >= 0.6 is 0 Å². The fraction of sp³-hybridized carbons (Fsp3) is 0.0667. The number of nitrogens with zero attached hydrogens (tertiary/aromatic N) is 1. The number of nitriles is 1. The summed E-state index contributed by atoms with van der Waals surface area (Å²) in [7, 11) is 0. The van der Waals surface area contributed by atoms with Gasteiger partial charge >= 0.3 is 6.18 Å². The summed E-state index contributed by atoms with van der Waals surface area (Å²) >= 11 is 0. The number of aldehydes is 1. The van der Waals surface area contributed by atoms with Crippen LogP contribution in [0.1, 0.15) is 21.5 Å². The van der Waals surface area contributed by atoms with E-state index in [0.717, 1.165) is 12.1 Å². The predicted molar refractivity (Wildman–Crippen MR) is 68.1 cm³/mol. The number of hydrogen-bond donors (Lipinski definition) is 0. The molecule has 2 aromatic rings. The van der Waals surface area contributed by atoms with Gasteiger partial charge in [-0.1, -0.05) is 0 Å². The summed E-state index contributed by atoms with van der Waals surface area (Å²) in [5.41, 5.74) is -0.745. The van der Waals surface area contributed by atoms with E-state index < -0.39 is 17.5 Å². The highest BCUT2D eigenvalue weighted by Gasteiger charge is 2.35. The maximum absolute atomic E-state index is 13.0. The highest BCUT2D eigenvalue weighted by molar-refractivity contribution is 5.74. The third-order valence-corrected chi connectivity index (χ3v) is 2.66. The Morgan fingerprint density at radius 2 is 1.76 bits per heavy atom. The number of rotatable bonds is 3. The smallest absolute Gasteiger partial charge is 0.420 e. The molecule has 0 saturated carbocycles. The van der Waals surface area contributed by atoms with Crippen molar-refractivity contribution < 1.29 is 22.7 Å². The lowest BCUT2D eigenvalue weighted by Gasteiger charge is -2.14. The molecule has 21 heavy (non-hydrogen) atoms. The first kappa shape index (κ1) is 14.6. The zero-order chi connectivity index (χ0) is 15.5. The quantitative estimate of drug-likeness (QED) is 0.797. The van der Waals surface area contributed by atoms with Gasteiger partial charge in [0.05, 0.1) is 17.2 Å². The van der Waals surface area contributed by atoms with Crippen molar-refractivity contribution in [2.45, 2.75) is 6.18 Å². The van der Waals surface area contributed by atoms with Gasteiger partial charge in [-0.2, -0.15) is 18.4 Å². The van der Waals surface area contributed by atoms with E-state index in [2.05, 4.69) is 0 Å². The zero-order valence-electron chi connectivity index (χ0n) is 10.5. The van der Waals surface area contributed by atoms with E-state index in [1.807, 2.05) is 0 Å². The molecule has 106 valence electrons. The van der Waals surface area contributed by atoms with Crippen molar-refractivity contribution in [1.82, 2.24) is 0 Å². The minimum Gasteiger partial charge on any atom is -0.457 e. The molecular formula is C15H8F3NO2. The fourth-order valence-electron chi connectivity index (χ4n) is 1.65. The molecule has 6 heteroatoms. The molecule has 0 aliphatic heterocycles. The van der Waals surface area contributed by atoms with Crippen molar-refractivity contribution >= 4 is 6.29 Å². The SMILES string of the molecule is N#Cc1ccc(Oc2ccc(C=O)cc2)c(C(F)(F)F)c1. The Labute approximate surface area is 118 Å². The van der Waals surface area contributed by atoms with Crippen molar-refractivity contribution in [3.63, 3.8) is 0 Å². The molecule has 0 amide bonds. The maximum atomic E-state index is 13.0. The first-order valence-electron chi connectivity index (χ1n) is 5.78. The van der Waals surface area contributed by atoms with E-state index in [4.69, 9.17) is 10.00 Å². The Morgan fingerprint density at radius 3 is 2.29 bits per heavy atom. The molecule has 0 spiro atoms. The number of halogens is 3. The van der Waals surface area contributed by atoms with E-state index in [1.54, 1.807) is 6.07 Å². The van der Waals surface area contributed by atoms with Gasteiger partial charge < -0.3 is 4.74 Å². The Bertz CT molecular complexity index is 700. The number of alkyl halides is 3. The summed E-state index contributed by atoms with van der Waals surface area (Å²) in [6.07, 6.45) is -4.02. The number of carbonyl (C=O) groups is 1. The molecule has 0 aliphatic rings. The summed E-state index contributed by atoms with van der Waals surface area (Å²) in [5.74, 6) is -0.240. The summed E-state index contributed by atoms with van der Waals surface area (Å²) in [6, 6.07) is 10.4. The van der Waals surface area contributed by atoms with E-state index in [9.17, 15) is 18.0 Å². The van der Waals surface area contributed by atoms with Gasteiger partial charge in [-0.05, 0) is 42.5 Å². The van der Waals surface area contributed by atoms with Crippen molar-refractivity contribution in [2.24, 2.45) is 0 Å². The minimum atomic E-state index is -4.63. The topological polar surface area (TPSA) is 50.1 Å². The molecule has 0 fully saturated rings. The van der Waals surface area contributed by atoms with Crippen LogP contribution in [0.2, 0.25) is 0 Å². The molecule has 0 aromatic heterocycles. The predicted octanol–water partition coefficient (Wildman–Crippen LogP) is 4.18. The van der Waals surface area contributed by atoms with Gasteiger partial charge in [0.15, 0.2) is 0 Å². The largest absolute Gasteiger partial charge is 0.457 e. The molecule has 0 saturated heterocycles. The van der Waals surface area contributed by atoms with Crippen LogP contribution in [-0.2, 0) is 6.18 Å². The molecule has 2 aromatic carbocycles. The van der Waals surface area contributed by atoms with Gasteiger partial charge in [-0.25, -0.2) is 0 Å². The van der Waals surface area contributed by atoms with Crippen molar-refractivity contribution in [3.8, 4) is 17.6 Å². The molecule has 2 rings (SSSR count). The van der Waals surface area contributed by atoms with Gasteiger partial charge in [0.2, 0.25) is 0 Å². The second-order valence-electron chi connectivity index (χ2n) is 4.11. The van der Waals surface area contributed by atoms with Gasteiger partial charge in [-0.3, -0.25) is 4.79 Å². The van der Waals surface area contributed by atoms with Crippen LogP contribution < -0.4 is 4.74 Å². The number of benzene rings is 2. The van der Waals surface area contributed by atoms with E-state index in [-0.39, 0.29) is 11.3 Å². The first-order chi connectivity index (χ1) is 9.94. The summed E-state index contributed by atoms with van der Waals surface area (Å²) in [4.78, 5) is 10.5. The van der Waals surface area contributed by atoms with Crippen LogP contribution in [-0.4, -0.2) is 6.29 Å². The average molecular weight is 291 g/mol. The molecule has 0 bridgehead atoms. The van der Waals surface area contributed by atoms with Crippen LogP contribution in [0.15, 0.2) is 42.5 Å². The monoisotopic (exact) mass is 291 g/mol. The summed E-state index contributed by atoms with van der Waals surface area (Å²) in [6.45, 7) is 0. The molecular weight excluding hydrogens is 283 g/mol. The molecule has 0 unspecified atom stereocenters. The van der Waals surface area contributed by atoms with E-state index in [1.165, 1.54) is 30.3 Å². The van der Waals surface area contributed by atoms with Crippen LogP contribution in [0.5, 0.6) is 11.5 Å². The normalized spacial score (nSPS) is 10.8. The van der Waals surface area contributed by atoms with E-state index >= 15 is 0 Å². The average Bonchev–Trinajstić information content (AvgIpc) is 2.47. The molecule has 3 nitrogen and oxygen atoms in total. The lowest BCUT2D eigenvalue weighted by molar-refractivity contribution is -0.138. The van der Waals surface area contributed by atoms with Gasteiger partial charge in [0.25, 0.3) is 0 Å². The highest BCUT2D eigenvalue weighted by atomic mass is 19.4. The van der Waals surface area contributed by atoms with Crippen LogP contribution in [0, 0.1) is 11.3 Å². The standard InChI is InChI=1S/C15H8F3NO2/c16-15(17,18)13-7-11(8-19)3-6-14(13)21-12-4-1-10(9-20)2-5-12/h1-7,9H. The Kier molecular flexibility index (Phi) is 3.94. The Hall–Kier alpha value is -2.81. The van der Waals surface area contributed by atoms with Crippen molar-refractivity contribution in [1.29, 1.82) is 5.26 Å². The van der Waals surface area contributed by atoms with Crippen LogP contribution in [0.4, 0.5) is 13.2 Å². The lowest BCUT2D eigenvalue weighted by Crippen LogP contribution is -2.07. The minimum absolute atomic E-state index is 0.106. The molecule has 0 atom stereocenters. The highest BCUT2D eigenvalue weighted by Crippen LogP contribution is 2.38. The van der Waals surface area contributed by atoms with Gasteiger partial charge in [0.1, 0.15) is 17.8 Å². The second-order valence-corrected chi connectivity index (χ2v) is 4.11. The van der Waals surface area contributed by atoms with Gasteiger partial charge in [0, 0.05) is 5.56 Å². The Morgan fingerprint density at radius 1 is 1.10 bits per heavy atom. The van der Waals surface area contributed by atoms with Gasteiger partial charge in [-0.15, -0.1) is 0 Å². The summed E-state index contributed by atoms with van der Waals surface area (Å²) in [5, 5.41) is 8.67. The fourth-order valence-corrected chi connectivity index (χ4v) is 1.65. The zero-order valence-corrected chi connectivity index (χ0v) is 10.5. The number of carbonyl (C=O) groups excluding carboxylic acids is 1. The van der Waals surface area contributed by atoms with Crippen molar-refractivity contribution in [2.75, 3.05) is 0 Å². The summed E-state index contributed by atoms with van der Waals surface area (Å²) < 4.78 is 44.0. The lowest BCUT2D eigenvalue weighted by atomic mass is 10.1. The van der Waals surface area contributed by atoms with Crippen LogP contribution in [0.3, 0.4) is 0 Å². The Balaban J connectivity index is 2.39.